The second kappa shape index (κ2) is 10.1. The monoisotopic (exact) mass is 488 g/mol. The normalized spacial score (nSPS) is 23.2. The molecule has 36 heavy (non-hydrogen) atoms. The van der Waals surface area contributed by atoms with E-state index < -0.39 is 0 Å². The molecule has 192 valence electrons. The lowest BCUT2D eigenvalue weighted by atomic mass is 9.71. The standard InChI is InChI=1S/C32H40O4/c1-31(2,3)21-32(4,5)29-16-25(12-15-30(29)36-20-28-19-35-28)24-8-6-22(7-9-24)23-10-13-26(14-11-23)33-17-27-18-34-27/h6,8-16,22,27-28H,7,17-21H2,1-5H3. The molecule has 3 unspecified atom stereocenters. The Balaban J connectivity index is 1.30. The molecule has 2 aliphatic heterocycles. The quantitative estimate of drug-likeness (QED) is 0.335. The summed E-state index contributed by atoms with van der Waals surface area (Å²) in [5.74, 6) is 2.27. The van der Waals surface area contributed by atoms with E-state index in [0.717, 1.165) is 37.6 Å². The molecular formula is C32H40O4. The third-order valence-electron chi connectivity index (χ3n) is 7.09. The summed E-state index contributed by atoms with van der Waals surface area (Å²) in [7, 11) is 0. The molecule has 4 heteroatoms. The maximum Gasteiger partial charge on any atom is 0.123 e. The van der Waals surface area contributed by atoms with Crippen molar-refractivity contribution in [3.63, 3.8) is 0 Å². The Morgan fingerprint density at radius 2 is 1.53 bits per heavy atom. The van der Waals surface area contributed by atoms with E-state index in [9.17, 15) is 0 Å². The van der Waals surface area contributed by atoms with Gasteiger partial charge in [-0.15, -0.1) is 0 Å². The van der Waals surface area contributed by atoms with Gasteiger partial charge in [0.15, 0.2) is 0 Å². The summed E-state index contributed by atoms with van der Waals surface area (Å²) in [5, 5.41) is 0. The molecule has 3 aliphatic rings. The van der Waals surface area contributed by atoms with Crippen molar-refractivity contribution >= 4 is 5.57 Å². The number of allylic oxidation sites excluding steroid dienone is 4. The van der Waals surface area contributed by atoms with Crippen LogP contribution in [0.15, 0.2) is 60.7 Å². The van der Waals surface area contributed by atoms with Gasteiger partial charge in [-0.2, -0.15) is 0 Å². The highest BCUT2D eigenvalue weighted by Crippen LogP contribution is 2.42. The van der Waals surface area contributed by atoms with Crippen molar-refractivity contribution in [2.24, 2.45) is 5.41 Å². The van der Waals surface area contributed by atoms with Gasteiger partial charge < -0.3 is 18.9 Å². The average Bonchev–Trinajstić information content (AvgIpc) is 3.76. The summed E-state index contributed by atoms with van der Waals surface area (Å²) < 4.78 is 22.6. The van der Waals surface area contributed by atoms with Crippen LogP contribution in [0.2, 0.25) is 0 Å². The molecule has 0 amide bonds. The minimum Gasteiger partial charge on any atom is -0.491 e. The number of hydrogen-bond acceptors (Lipinski definition) is 4. The Bertz CT molecular complexity index is 1110. The van der Waals surface area contributed by atoms with Gasteiger partial charge in [-0.1, -0.05) is 71.0 Å². The lowest BCUT2D eigenvalue weighted by molar-refractivity contribution is 0.245. The first-order valence-corrected chi connectivity index (χ1v) is 13.3. The highest BCUT2D eigenvalue weighted by atomic mass is 16.6. The van der Waals surface area contributed by atoms with Crippen LogP contribution in [0.5, 0.6) is 11.5 Å². The van der Waals surface area contributed by atoms with Gasteiger partial charge in [0.25, 0.3) is 0 Å². The van der Waals surface area contributed by atoms with Gasteiger partial charge in [0.1, 0.15) is 36.9 Å². The minimum atomic E-state index is -0.00900. The lowest BCUT2D eigenvalue weighted by Gasteiger charge is -2.34. The Labute approximate surface area is 216 Å². The van der Waals surface area contributed by atoms with Crippen molar-refractivity contribution in [2.45, 2.75) is 71.0 Å². The van der Waals surface area contributed by atoms with Crippen LogP contribution in [-0.2, 0) is 14.9 Å². The van der Waals surface area contributed by atoms with E-state index >= 15 is 0 Å². The number of benzene rings is 2. The van der Waals surface area contributed by atoms with Gasteiger partial charge >= 0.3 is 0 Å². The predicted octanol–water partition coefficient (Wildman–Crippen LogP) is 7.08. The predicted molar refractivity (Wildman–Crippen MR) is 145 cm³/mol. The van der Waals surface area contributed by atoms with Gasteiger partial charge in [0.2, 0.25) is 0 Å². The van der Waals surface area contributed by atoms with Gasteiger partial charge in [-0.3, -0.25) is 0 Å². The van der Waals surface area contributed by atoms with E-state index in [1.807, 2.05) is 0 Å². The fourth-order valence-electron chi connectivity index (χ4n) is 5.38. The Kier molecular flexibility index (Phi) is 7.02. The molecular weight excluding hydrogens is 448 g/mol. The summed E-state index contributed by atoms with van der Waals surface area (Å²) in [6.07, 6.45) is 9.56. The molecule has 4 nitrogen and oxygen atoms in total. The van der Waals surface area contributed by atoms with E-state index in [1.54, 1.807) is 0 Å². The lowest BCUT2D eigenvalue weighted by Crippen LogP contribution is -2.26. The molecule has 0 bridgehead atoms. The van der Waals surface area contributed by atoms with Gasteiger partial charge in [-0.25, -0.2) is 0 Å². The summed E-state index contributed by atoms with van der Waals surface area (Å²) in [5.41, 5.74) is 5.34. The van der Waals surface area contributed by atoms with Crippen molar-refractivity contribution in [1.29, 1.82) is 0 Å². The SMILES string of the molecule is CC(C)(C)CC(C)(C)c1cc(C2=CCC(c3ccc(OCC4CO4)cc3)C=C2)ccc1OCC1CO1. The van der Waals surface area contributed by atoms with Gasteiger partial charge in [-0.05, 0) is 64.6 Å². The molecule has 0 spiro atoms. The average molecular weight is 489 g/mol. The van der Waals surface area contributed by atoms with Crippen LogP contribution in [0.1, 0.15) is 70.1 Å². The number of ether oxygens (including phenoxy) is 4. The van der Waals surface area contributed by atoms with Crippen LogP contribution in [0.3, 0.4) is 0 Å². The Hall–Kier alpha value is -2.56. The van der Waals surface area contributed by atoms with Crippen LogP contribution in [-0.4, -0.2) is 38.6 Å². The fraction of sp³-hybridized carbons (Fsp3) is 0.500. The summed E-state index contributed by atoms with van der Waals surface area (Å²) in [6.45, 7) is 14.5. The summed E-state index contributed by atoms with van der Waals surface area (Å²) in [4.78, 5) is 0. The molecule has 0 saturated carbocycles. The summed E-state index contributed by atoms with van der Waals surface area (Å²) in [6, 6.07) is 15.2. The zero-order chi connectivity index (χ0) is 25.3. The van der Waals surface area contributed by atoms with Gasteiger partial charge in [0, 0.05) is 11.5 Å². The van der Waals surface area contributed by atoms with E-state index in [0.29, 0.717) is 19.1 Å². The van der Waals surface area contributed by atoms with Crippen molar-refractivity contribution in [3.05, 3.63) is 77.4 Å². The maximum absolute atomic E-state index is 6.24. The number of rotatable bonds is 10. The van der Waals surface area contributed by atoms with E-state index in [-0.39, 0.29) is 23.0 Å². The summed E-state index contributed by atoms with van der Waals surface area (Å²) >= 11 is 0. The van der Waals surface area contributed by atoms with Crippen LogP contribution in [0.25, 0.3) is 5.57 Å². The first-order chi connectivity index (χ1) is 17.2. The molecule has 0 N–H and O–H groups in total. The molecule has 0 radical (unpaired) electrons. The van der Waals surface area contributed by atoms with Crippen molar-refractivity contribution in [1.82, 2.24) is 0 Å². The van der Waals surface area contributed by atoms with Crippen LogP contribution >= 0.6 is 0 Å². The third-order valence-corrected chi connectivity index (χ3v) is 7.09. The molecule has 1 aliphatic carbocycles. The van der Waals surface area contributed by atoms with Crippen molar-refractivity contribution in [3.8, 4) is 11.5 Å². The zero-order valence-corrected chi connectivity index (χ0v) is 22.4. The first-order valence-electron chi connectivity index (χ1n) is 13.3. The van der Waals surface area contributed by atoms with Crippen molar-refractivity contribution < 1.29 is 18.9 Å². The van der Waals surface area contributed by atoms with Crippen LogP contribution < -0.4 is 9.47 Å². The highest BCUT2D eigenvalue weighted by molar-refractivity contribution is 5.76. The van der Waals surface area contributed by atoms with Crippen LogP contribution in [0, 0.1) is 5.41 Å². The highest BCUT2D eigenvalue weighted by Gasteiger charge is 2.31. The molecule has 0 aromatic heterocycles. The molecule has 2 heterocycles. The third kappa shape index (κ3) is 6.60. The molecule has 3 atom stereocenters. The Morgan fingerprint density at radius 3 is 2.11 bits per heavy atom. The zero-order valence-electron chi connectivity index (χ0n) is 22.4. The van der Waals surface area contributed by atoms with Crippen molar-refractivity contribution in [2.75, 3.05) is 26.4 Å². The molecule has 2 fully saturated rings. The van der Waals surface area contributed by atoms with E-state index in [2.05, 4.69) is 95.3 Å². The molecule has 2 aromatic carbocycles. The van der Waals surface area contributed by atoms with Gasteiger partial charge in [0.05, 0.1) is 13.2 Å². The fourth-order valence-corrected chi connectivity index (χ4v) is 5.38. The molecule has 5 rings (SSSR count). The molecule has 2 aromatic rings. The smallest absolute Gasteiger partial charge is 0.123 e. The first kappa shape index (κ1) is 25.1. The van der Waals surface area contributed by atoms with Crippen LogP contribution in [0.4, 0.5) is 0 Å². The molecule has 2 saturated heterocycles. The second-order valence-corrected chi connectivity index (χ2v) is 12.3. The minimum absolute atomic E-state index is 0.00900. The second-order valence-electron chi connectivity index (χ2n) is 12.3. The number of epoxide rings is 2. The van der Waals surface area contributed by atoms with E-state index in [4.69, 9.17) is 18.9 Å². The topological polar surface area (TPSA) is 43.5 Å². The largest absolute Gasteiger partial charge is 0.491 e. The maximum atomic E-state index is 6.24. The van der Waals surface area contributed by atoms with E-state index in [1.165, 1.54) is 22.3 Å². The number of hydrogen-bond donors (Lipinski definition) is 0. The Morgan fingerprint density at radius 1 is 0.861 bits per heavy atom.